The van der Waals surface area contributed by atoms with E-state index in [1.807, 2.05) is 29.5 Å². The standard InChI is InChI=1S/C21H22N2OS3/c24-20(22-10-14-25-16-5-2-1-3-6-16)15-23-11-8-18-17(9-13-27-18)21(23)19-7-4-12-26-19/h1-7,9,12-13,21H,8,10-11,14-15H2,(H,22,24)/t21-/m0/s1. The van der Waals surface area contributed by atoms with Crippen molar-refractivity contribution in [3.63, 3.8) is 0 Å². The normalized spacial score (nSPS) is 16.8. The molecule has 3 heterocycles. The summed E-state index contributed by atoms with van der Waals surface area (Å²) in [6, 6.07) is 17.0. The van der Waals surface area contributed by atoms with Gasteiger partial charge in [0.05, 0.1) is 12.6 Å². The lowest BCUT2D eigenvalue weighted by molar-refractivity contribution is -0.122. The van der Waals surface area contributed by atoms with E-state index in [9.17, 15) is 4.79 Å². The van der Waals surface area contributed by atoms with Crippen molar-refractivity contribution in [2.45, 2.75) is 17.4 Å². The van der Waals surface area contributed by atoms with Crippen LogP contribution in [0.25, 0.3) is 0 Å². The van der Waals surface area contributed by atoms with E-state index in [0.29, 0.717) is 13.1 Å². The maximum atomic E-state index is 12.5. The smallest absolute Gasteiger partial charge is 0.234 e. The summed E-state index contributed by atoms with van der Waals surface area (Å²) in [5.74, 6) is 1.00. The Morgan fingerprint density at radius 3 is 2.81 bits per heavy atom. The van der Waals surface area contributed by atoms with Crippen LogP contribution < -0.4 is 5.32 Å². The highest BCUT2D eigenvalue weighted by molar-refractivity contribution is 7.99. The number of hydrogen-bond acceptors (Lipinski definition) is 5. The van der Waals surface area contributed by atoms with Gasteiger partial charge in [-0.15, -0.1) is 34.4 Å². The van der Waals surface area contributed by atoms with Crippen LogP contribution in [0.1, 0.15) is 21.4 Å². The average Bonchev–Trinajstić information content (AvgIpc) is 3.38. The van der Waals surface area contributed by atoms with E-state index >= 15 is 0 Å². The van der Waals surface area contributed by atoms with Gasteiger partial charge in [0.1, 0.15) is 0 Å². The summed E-state index contributed by atoms with van der Waals surface area (Å²) in [7, 11) is 0. The molecule has 1 aliphatic heterocycles. The minimum absolute atomic E-state index is 0.115. The van der Waals surface area contributed by atoms with Crippen molar-refractivity contribution < 1.29 is 4.79 Å². The summed E-state index contributed by atoms with van der Waals surface area (Å²) in [5.41, 5.74) is 1.38. The molecular formula is C21H22N2OS3. The molecule has 6 heteroatoms. The van der Waals surface area contributed by atoms with Crippen molar-refractivity contribution in [3.8, 4) is 0 Å². The maximum absolute atomic E-state index is 12.5. The lowest BCUT2D eigenvalue weighted by Crippen LogP contribution is -2.42. The van der Waals surface area contributed by atoms with Gasteiger partial charge < -0.3 is 5.32 Å². The maximum Gasteiger partial charge on any atom is 0.234 e. The van der Waals surface area contributed by atoms with Crippen molar-refractivity contribution in [1.82, 2.24) is 10.2 Å². The van der Waals surface area contributed by atoms with Crippen LogP contribution >= 0.6 is 34.4 Å². The number of amides is 1. The van der Waals surface area contributed by atoms with Crippen molar-refractivity contribution in [1.29, 1.82) is 0 Å². The van der Waals surface area contributed by atoms with Gasteiger partial charge in [-0.05, 0) is 47.0 Å². The average molecular weight is 415 g/mol. The number of thiophene rings is 2. The first-order valence-electron chi connectivity index (χ1n) is 9.09. The van der Waals surface area contributed by atoms with Gasteiger partial charge in [0, 0.05) is 33.5 Å². The van der Waals surface area contributed by atoms with Crippen LogP contribution in [-0.2, 0) is 11.2 Å². The first kappa shape index (κ1) is 18.7. The molecular weight excluding hydrogens is 392 g/mol. The van der Waals surface area contributed by atoms with E-state index in [-0.39, 0.29) is 11.9 Å². The molecule has 4 rings (SSSR count). The van der Waals surface area contributed by atoms with Crippen LogP contribution in [-0.4, -0.2) is 36.2 Å². The number of hydrogen-bond donors (Lipinski definition) is 1. The quantitative estimate of drug-likeness (QED) is 0.451. The highest BCUT2D eigenvalue weighted by atomic mass is 32.2. The van der Waals surface area contributed by atoms with Crippen LogP contribution in [0.4, 0.5) is 0 Å². The number of fused-ring (bicyclic) bond motifs is 1. The van der Waals surface area contributed by atoms with Crippen molar-refractivity contribution in [2.75, 3.05) is 25.4 Å². The highest BCUT2D eigenvalue weighted by Crippen LogP contribution is 2.39. The molecule has 0 saturated carbocycles. The molecule has 1 aromatic carbocycles. The Morgan fingerprint density at radius 2 is 2.00 bits per heavy atom. The lowest BCUT2D eigenvalue weighted by atomic mass is 9.98. The van der Waals surface area contributed by atoms with Gasteiger partial charge in [0.25, 0.3) is 0 Å². The topological polar surface area (TPSA) is 32.3 Å². The number of rotatable bonds is 7. The summed E-state index contributed by atoms with van der Waals surface area (Å²) < 4.78 is 0. The molecule has 0 fully saturated rings. The van der Waals surface area contributed by atoms with E-state index in [0.717, 1.165) is 18.7 Å². The Bertz CT molecular complexity index is 861. The molecule has 1 atom stereocenters. The number of benzene rings is 1. The second-order valence-corrected chi connectivity index (χ2v) is 9.60. The summed E-state index contributed by atoms with van der Waals surface area (Å²) in [4.78, 5) is 18.9. The number of carbonyl (C=O) groups excluding carboxylic acids is 1. The molecule has 140 valence electrons. The fraction of sp³-hybridized carbons (Fsp3) is 0.286. The van der Waals surface area contributed by atoms with Crippen LogP contribution in [0.5, 0.6) is 0 Å². The van der Waals surface area contributed by atoms with Crippen LogP contribution in [0.15, 0.2) is 64.2 Å². The van der Waals surface area contributed by atoms with Gasteiger partial charge >= 0.3 is 0 Å². The summed E-state index contributed by atoms with van der Waals surface area (Å²) in [5, 5.41) is 7.38. The Kier molecular flexibility index (Phi) is 6.29. The first-order valence-corrected chi connectivity index (χ1v) is 11.8. The largest absolute Gasteiger partial charge is 0.354 e. The van der Waals surface area contributed by atoms with E-state index in [1.54, 1.807) is 23.1 Å². The van der Waals surface area contributed by atoms with E-state index < -0.39 is 0 Å². The van der Waals surface area contributed by atoms with Gasteiger partial charge in [-0.25, -0.2) is 0 Å². The molecule has 0 aliphatic carbocycles. The minimum atomic E-state index is 0.115. The second-order valence-electron chi connectivity index (χ2n) is 6.45. The van der Waals surface area contributed by atoms with E-state index in [2.05, 4.69) is 51.3 Å². The van der Waals surface area contributed by atoms with Crippen molar-refractivity contribution in [2.24, 2.45) is 0 Å². The summed E-state index contributed by atoms with van der Waals surface area (Å²) >= 11 is 5.38. The number of nitrogens with one attached hydrogen (secondary N) is 1. The van der Waals surface area contributed by atoms with E-state index in [1.165, 1.54) is 20.2 Å². The van der Waals surface area contributed by atoms with Gasteiger partial charge in [-0.2, -0.15) is 0 Å². The molecule has 0 spiro atoms. The Hall–Kier alpha value is -1.60. The minimum Gasteiger partial charge on any atom is -0.354 e. The molecule has 0 bridgehead atoms. The number of carbonyl (C=O) groups is 1. The van der Waals surface area contributed by atoms with Crippen LogP contribution in [0, 0.1) is 0 Å². The Labute approximate surface area is 172 Å². The molecule has 0 saturated heterocycles. The van der Waals surface area contributed by atoms with Crippen LogP contribution in [0.3, 0.4) is 0 Å². The molecule has 2 aromatic heterocycles. The van der Waals surface area contributed by atoms with Gasteiger partial charge in [-0.1, -0.05) is 24.3 Å². The van der Waals surface area contributed by atoms with Gasteiger partial charge in [-0.3, -0.25) is 9.69 Å². The third-order valence-corrected chi connectivity index (χ3v) is 7.60. The molecule has 0 radical (unpaired) electrons. The molecule has 3 nitrogen and oxygen atoms in total. The molecule has 1 aliphatic rings. The zero-order valence-electron chi connectivity index (χ0n) is 15.0. The predicted molar refractivity (Wildman–Crippen MR) is 116 cm³/mol. The number of thioether (sulfide) groups is 1. The Morgan fingerprint density at radius 1 is 1.11 bits per heavy atom. The summed E-state index contributed by atoms with van der Waals surface area (Å²) in [6.07, 6.45) is 1.03. The molecule has 3 aromatic rings. The van der Waals surface area contributed by atoms with Crippen molar-refractivity contribution in [3.05, 3.63) is 74.6 Å². The predicted octanol–water partition coefficient (Wildman–Crippen LogP) is 4.67. The SMILES string of the molecule is O=C(CN1CCc2sccc2[C@H]1c1cccs1)NCCSc1ccccc1. The Balaban J connectivity index is 1.33. The fourth-order valence-electron chi connectivity index (χ4n) is 3.44. The molecule has 27 heavy (non-hydrogen) atoms. The van der Waals surface area contributed by atoms with E-state index in [4.69, 9.17) is 0 Å². The molecule has 1 N–H and O–H groups in total. The number of nitrogens with zero attached hydrogens (tertiary/aromatic N) is 1. The lowest BCUT2D eigenvalue weighted by Gasteiger charge is -2.34. The third kappa shape index (κ3) is 4.63. The van der Waals surface area contributed by atoms with Gasteiger partial charge in [0.15, 0.2) is 0 Å². The third-order valence-electron chi connectivity index (χ3n) is 4.66. The molecule has 0 unspecified atom stereocenters. The first-order chi connectivity index (χ1) is 13.3. The molecule has 1 amide bonds. The zero-order valence-corrected chi connectivity index (χ0v) is 17.4. The fourth-order valence-corrected chi connectivity index (χ4v) is 6.00. The highest BCUT2D eigenvalue weighted by Gasteiger charge is 2.31. The van der Waals surface area contributed by atoms with Crippen molar-refractivity contribution >= 4 is 40.3 Å². The summed E-state index contributed by atoms with van der Waals surface area (Å²) in [6.45, 7) is 2.08. The monoisotopic (exact) mass is 414 g/mol. The van der Waals surface area contributed by atoms with Gasteiger partial charge in [0.2, 0.25) is 5.91 Å². The second kappa shape index (κ2) is 9.06. The zero-order chi connectivity index (χ0) is 18.5. The van der Waals surface area contributed by atoms with Crippen LogP contribution in [0.2, 0.25) is 0 Å².